The number of aliphatic hydroxyl groups is 1. The molecule has 0 bridgehead atoms. The molecule has 0 aliphatic carbocycles. The number of ether oxygens (including phenoxy) is 1. The van der Waals surface area contributed by atoms with Gasteiger partial charge < -0.3 is 9.84 Å². The molecule has 1 N–H and O–H groups in total. The Kier molecular flexibility index (Phi) is 4.63. The van der Waals surface area contributed by atoms with Gasteiger partial charge in [0.05, 0.1) is 6.10 Å². The van der Waals surface area contributed by atoms with Gasteiger partial charge in [0.1, 0.15) is 6.10 Å². The molecule has 0 fully saturated rings. The van der Waals surface area contributed by atoms with Gasteiger partial charge in [-0.2, -0.15) is 0 Å². The van der Waals surface area contributed by atoms with Crippen molar-refractivity contribution in [2.75, 3.05) is 6.61 Å². The van der Waals surface area contributed by atoms with Crippen molar-refractivity contribution < 1.29 is 9.84 Å². The maximum absolute atomic E-state index is 9.78. The Balaban J connectivity index is 2.77. The van der Waals surface area contributed by atoms with E-state index in [-0.39, 0.29) is 6.10 Å². The maximum Gasteiger partial charge on any atom is 0.108 e. The first kappa shape index (κ1) is 11.2. The molecular formula is C12H18O2. The van der Waals surface area contributed by atoms with Crippen LogP contribution in [0.5, 0.6) is 0 Å². The first-order valence-corrected chi connectivity index (χ1v) is 5.14. The molecule has 0 heterocycles. The van der Waals surface area contributed by atoms with Gasteiger partial charge in [-0.3, -0.25) is 0 Å². The highest BCUT2D eigenvalue weighted by atomic mass is 16.5. The van der Waals surface area contributed by atoms with Gasteiger partial charge in [0.25, 0.3) is 0 Å². The standard InChI is InChI=1S/C12H18O2/c1-3-11(13)12(14-4-2)10-8-6-5-7-9-10/h5-9,11-13H,3-4H2,1-2H3. The SMILES string of the molecule is CCOC(c1ccccc1)C(O)CC. The average Bonchev–Trinajstić information content (AvgIpc) is 2.26. The third kappa shape index (κ3) is 2.82. The third-order valence-corrected chi connectivity index (χ3v) is 2.24. The fourth-order valence-electron chi connectivity index (χ4n) is 1.47. The van der Waals surface area contributed by atoms with Crippen molar-refractivity contribution in [1.82, 2.24) is 0 Å². The first-order chi connectivity index (χ1) is 6.79. The van der Waals surface area contributed by atoms with Gasteiger partial charge in [0, 0.05) is 6.61 Å². The van der Waals surface area contributed by atoms with Crippen LogP contribution in [0.1, 0.15) is 31.9 Å². The van der Waals surface area contributed by atoms with Gasteiger partial charge in [-0.15, -0.1) is 0 Å². The molecular weight excluding hydrogens is 176 g/mol. The summed E-state index contributed by atoms with van der Waals surface area (Å²) in [6.45, 7) is 4.52. The molecule has 2 atom stereocenters. The second kappa shape index (κ2) is 5.78. The summed E-state index contributed by atoms with van der Waals surface area (Å²) in [4.78, 5) is 0. The Labute approximate surface area is 85.5 Å². The highest BCUT2D eigenvalue weighted by molar-refractivity contribution is 5.18. The van der Waals surface area contributed by atoms with Gasteiger partial charge in [-0.05, 0) is 18.9 Å². The fraction of sp³-hybridized carbons (Fsp3) is 0.500. The van der Waals surface area contributed by atoms with Crippen molar-refractivity contribution in [3.63, 3.8) is 0 Å². The highest BCUT2D eigenvalue weighted by Gasteiger charge is 2.19. The fourth-order valence-corrected chi connectivity index (χ4v) is 1.47. The lowest BCUT2D eigenvalue weighted by Gasteiger charge is -2.22. The van der Waals surface area contributed by atoms with E-state index in [1.165, 1.54) is 0 Å². The van der Waals surface area contributed by atoms with Crippen LogP contribution < -0.4 is 0 Å². The van der Waals surface area contributed by atoms with Crippen LogP contribution in [0.25, 0.3) is 0 Å². The van der Waals surface area contributed by atoms with E-state index in [9.17, 15) is 5.11 Å². The smallest absolute Gasteiger partial charge is 0.108 e. The normalized spacial score (nSPS) is 15.1. The molecule has 2 heteroatoms. The molecule has 1 rings (SSSR count). The van der Waals surface area contributed by atoms with E-state index in [0.29, 0.717) is 13.0 Å². The Hall–Kier alpha value is -0.860. The van der Waals surface area contributed by atoms with Crippen LogP contribution in [0.15, 0.2) is 30.3 Å². The zero-order valence-corrected chi connectivity index (χ0v) is 8.81. The van der Waals surface area contributed by atoms with Gasteiger partial charge in [0.2, 0.25) is 0 Å². The van der Waals surface area contributed by atoms with E-state index in [0.717, 1.165) is 5.56 Å². The monoisotopic (exact) mass is 194 g/mol. The number of hydrogen-bond donors (Lipinski definition) is 1. The van der Waals surface area contributed by atoms with Crippen molar-refractivity contribution in [2.45, 2.75) is 32.5 Å². The average molecular weight is 194 g/mol. The van der Waals surface area contributed by atoms with E-state index in [1.807, 2.05) is 44.2 Å². The van der Waals surface area contributed by atoms with Crippen LogP contribution >= 0.6 is 0 Å². The van der Waals surface area contributed by atoms with Crippen molar-refractivity contribution in [3.05, 3.63) is 35.9 Å². The van der Waals surface area contributed by atoms with E-state index >= 15 is 0 Å². The molecule has 78 valence electrons. The van der Waals surface area contributed by atoms with E-state index in [4.69, 9.17) is 4.74 Å². The number of rotatable bonds is 5. The third-order valence-electron chi connectivity index (χ3n) is 2.24. The maximum atomic E-state index is 9.78. The molecule has 1 aromatic rings. The molecule has 0 spiro atoms. The molecule has 0 aliphatic rings. The summed E-state index contributed by atoms with van der Waals surface area (Å²) in [7, 11) is 0. The predicted octanol–water partition coefficient (Wildman–Crippen LogP) is 2.54. The summed E-state index contributed by atoms with van der Waals surface area (Å²) in [6.07, 6.45) is 0.100. The van der Waals surface area contributed by atoms with Gasteiger partial charge in [0.15, 0.2) is 0 Å². The summed E-state index contributed by atoms with van der Waals surface area (Å²) in [5, 5.41) is 9.78. The quantitative estimate of drug-likeness (QED) is 0.780. The molecule has 0 aromatic heterocycles. The van der Waals surface area contributed by atoms with Crippen LogP contribution in [0.2, 0.25) is 0 Å². The first-order valence-electron chi connectivity index (χ1n) is 5.14. The van der Waals surface area contributed by atoms with Crippen molar-refractivity contribution >= 4 is 0 Å². The number of benzene rings is 1. The Morgan fingerprint density at radius 3 is 2.36 bits per heavy atom. The topological polar surface area (TPSA) is 29.5 Å². The molecule has 0 amide bonds. The van der Waals surface area contributed by atoms with Crippen molar-refractivity contribution in [3.8, 4) is 0 Å². The lowest BCUT2D eigenvalue weighted by Crippen LogP contribution is -2.20. The van der Waals surface area contributed by atoms with E-state index in [2.05, 4.69) is 0 Å². The molecule has 0 saturated heterocycles. The molecule has 14 heavy (non-hydrogen) atoms. The summed E-state index contributed by atoms with van der Waals surface area (Å²) in [5.41, 5.74) is 1.05. The zero-order chi connectivity index (χ0) is 10.4. The van der Waals surface area contributed by atoms with Crippen LogP contribution in [0, 0.1) is 0 Å². The molecule has 1 aromatic carbocycles. The molecule has 0 radical (unpaired) electrons. The van der Waals surface area contributed by atoms with Gasteiger partial charge in [-0.1, -0.05) is 37.3 Å². The summed E-state index contributed by atoms with van der Waals surface area (Å²) in [6, 6.07) is 9.86. The van der Waals surface area contributed by atoms with Crippen molar-refractivity contribution in [1.29, 1.82) is 0 Å². The van der Waals surface area contributed by atoms with Crippen LogP contribution in [0.4, 0.5) is 0 Å². The minimum atomic E-state index is -0.419. The molecule has 2 nitrogen and oxygen atoms in total. The second-order valence-corrected chi connectivity index (χ2v) is 3.26. The van der Waals surface area contributed by atoms with Gasteiger partial charge >= 0.3 is 0 Å². The molecule has 0 aliphatic heterocycles. The lowest BCUT2D eigenvalue weighted by molar-refractivity contribution is -0.0357. The number of hydrogen-bond acceptors (Lipinski definition) is 2. The minimum Gasteiger partial charge on any atom is -0.390 e. The Morgan fingerprint density at radius 2 is 1.86 bits per heavy atom. The van der Waals surface area contributed by atoms with Crippen molar-refractivity contribution in [2.24, 2.45) is 0 Å². The largest absolute Gasteiger partial charge is 0.390 e. The predicted molar refractivity (Wildman–Crippen MR) is 57.1 cm³/mol. The summed E-state index contributed by atoms with van der Waals surface area (Å²) in [5.74, 6) is 0. The Morgan fingerprint density at radius 1 is 1.21 bits per heavy atom. The summed E-state index contributed by atoms with van der Waals surface area (Å²) < 4.78 is 5.53. The van der Waals surface area contributed by atoms with Crippen LogP contribution in [-0.4, -0.2) is 17.8 Å². The zero-order valence-electron chi connectivity index (χ0n) is 8.81. The lowest BCUT2D eigenvalue weighted by atomic mass is 10.0. The van der Waals surface area contributed by atoms with Crippen LogP contribution in [0.3, 0.4) is 0 Å². The number of aliphatic hydroxyl groups excluding tert-OH is 1. The minimum absolute atomic E-state index is 0.189. The Bertz CT molecular complexity index is 246. The van der Waals surface area contributed by atoms with Crippen LogP contribution in [-0.2, 0) is 4.74 Å². The molecule has 0 saturated carbocycles. The summed E-state index contributed by atoms with van der Waals surface area (Å²) >= 11 is 0. The second-order valence-electron chi connectivity index (χ2n) is 3.26. The van der Waals surface area contributed by atoms with Gasteiger partial charge in [-0.25, -0.2) is 0 Å². The van der Waals surface area contributed by atoms with E-state index in [1.54, 1.807) is 0 Å². The molecule has 2 unspecified atom stereocenters. The highest BCUT2D eigenvalue weighted by Crippen LogP contribution is 2.22. The van der Waals surface area contributed by atoms with E-state index < -0.39 is 6.10 Å².